The zero-order chi connectivity index (χ0) is 9.97. The molecule has 2 N–H and O–H groups in total. The van der Waals surface area contributed by atoms with E-state index >= 15 is 0 Å². The summed E-state index contributed by atoms with van der Waals surface area (Å²) in [6, 6.07) is 0. The van der Waals surface area contributed by atoms with Crippen molar-refractivity contribution >= 4 is 11.5 Å². The summed E-state index contributed by atoms with van der Waals surface area (Å²) in [5.41, 5.74) is 7.04. The van der Waals surface area contributed by atoms with Crippen LogP contribution in [0.5, 0.6) is 0 Å². The molecule has 0 radical (unpaired) electrons. The van der Waals surface area contributed by atoms with E-state index in [2.05, 4.69) is 17.1 Å². The Morgan fingerprint density at radius 1 is 1.29 bits per heavy atom. The highest BCUT2D eigenvalue weighted by molar-refractivity contribution is 5.96. The number of rotatable bonds is 2. The van der Waals surface area contributed by atoms with E-state index in [1.807, 2.05) is 0 Å². The smallest absolute Gasteiger partial charge is 0.123 e. The fourth-order valence-corrected chi connectivity index (χ4v) is 2.59. The van der Waals surface area contributed by atoms with Crippen LogP contribution >= 0.6 is 0 Å². The number of nitrogens with two attached hydrogens (primary N) is 1. The topological polar surface area (TPSA) is 50.7 Å². The van der Waals surface area contributed by atoms with Crippen molar-refractivity contribution in [3.63, 3.8) is 0 Å². The molecule has 0 bridgehead atoms. The molecule has 0 amide bonds. The van der Waals surface area contributed by atoms with Crippen LogP contribution in [0.25, 0.3) is 0 Å². The van der Waals surface area contributed by atoms with Gasteiger partial charge in [0.25, 0.3) is 0 Å². The van der Waals surface area contributed by atoms with Gasteiger partial charge in [0.15, 0.2) is 0 Å². The molecule has 0 aromatic heterocycles. The summed E-state index contributed by atoms with van der Waals surface area (Å²) in [5.74, 6) is 1.98. The molecule has 0 aromatic rings. The third-order valence-corrected chi connectivity index (χ3v) is 3.43. The summed E-state index contributed by atoms with van der Waals surface area (Å²) < 4.78 is 0. The maximum absolute atomic E-state index is 5.70. The SMILES string of the molecule is CCC1CC(N)=NN=C1C1CCCC1. The van der Waals surface area contributed by atoms with Crippen LogP contribution in [0.15, 0.2) is 10.2 Å². The normalized spacial score (nSPS) is 28.8. The molecule has 0 spiro atoms. The lowest BCUT2D eigenvalue weighted by atomic mass is 9.86. The van der Waals surface area contributed by atoms with Crippen LogP contribution in [0.3, 0.4) is 0 Å². The van der Waals surface area contributed by atoms with Gasteiger partial charge in [-0.05, 0) is 25.2 Å². The molecule has 14 heavy (non-hydrogen) atoms. The molecule has 0 saturated heterocycles. The fourth-order valence-electron chi connectivity index (χ4n) is 2.59. The predicted molar refractivity (Wildman–Crippen MR) is 59.4 cm³/mol. The number of hydrogen-bond acceptors (Lipinski definition) is 3. The standard InChI is InChI=1S/C11H19N3/c1-2-8-7-10(12)13-14-11(8)9-5-3-4-6-9/h8-9H,2-7H2,1H3,(H2,12,13). The molecule has 1 atom stereocenters. The van der Waals surface area contributed by atoms with Crippen molar-refractivity contribution in [2.45, 2.75) is 45.4 Å². The molecular weight excluding hydrogens is 174 g/mol. The van der Waals surface area contributed by atoms with Gasteiger partial charge in [-0.15, -0.1) is 5.10 Å². The van der Waals surface area contributed by atoms with Crippen LogP contribution < -0.4 is 5.73 Å². The molecule has 2 rings (SSSR count). The van der Waals surface area contributed by atoms with Crippen molar-refractivity contribution in [2.24, 2.45) is 27.8 Å². The lowest BCUT2D eigenvalue weighted by Gasteiger charge is -2.23. The van der Waals surface area contributed by atoms with E-state index in [0.717, 1.165) is 12.8 Å². The Morgan fingerprint density at radius 2 is 2.00 bits per heavy atom. The molecular formula is C11H19N3. The third kappa shape index (κ3) is 1.81. The fraction of sp³-hybridized carbons (Fsp3) is 0.818. The minimum Gasteiger partial charge on any atom is -0.386 e. The van der Waals surface area contributed by atoms with Crippen molar-refractivity contribution in [2.75, 3.05) is 0 Å². The molecule has 0 aromatic carbocycles. The highest BCUT2D eigenvalue weighted by atomic mass is 15.2. The highest BCUT2D eigenvalue weighted by Gasteiger charge is 2.28. The van der Waals surface area contributed by atoms with Gasteiger partial charge in [-0.25, -0.2) is 0 Å². The van der Waals surface area contributed by atoms with Gasteiger partial charge >= 0.3 is 0 Å². The van der Waals surface area contributed by atoms with Gasteiger partial charge in [0.05, 0.1) is 0 Å². The maximum Gasteiger partial charge on any atom is 0.123 e. The van der Waals surface area contributed by atoms with Crippen LogP contribution in [0.1, 0.15) is 45.4 Å². The second-order valence-corrected chi connectivity index (χ2v) is 4.41. The van der Waals surface area contributed by atoms with Crippen molar-refractivity contribution in [1.82, 2.24) is 0 Å². The summed E-state index contributed by atoms with van der Waals surface area (Å²) in [7, 11) is 0. The van der Waals surface area contributed by atoms with Crippen LogP contribution in [0.2, 0.25) is 0 Å². The zero-order valence-corrected chi connectivity index (χ0v) is 8.87. The molecule has 1 heterocycles. The van der Waals surface area contributed by atoms with Gasteiger partial charge in [0.1, 0.15) is 5.84 Å². The van der Waals surface area contributed by atoms with Gasteiger partial charge < -0.3 is 5.73 Å². The van der Waals surface area contributed by atoms with Crippen LogP contribution in [-0.4, -0.2) is 11.5 Å². The Morgan fingerprint density at radius 3 is 2.64 bits per heavy atom. The van der Waals surface area contributed by atoms with Gasteiger partial charge in [-0.3, -0.25) is 0 Å². The Balaban J connectivity index is 2.13. The van der Waals surface area contributed by atoms with Crippen molar-refractivity contribution in [1.29, 1.82) is 0 Å². The molecule has 3 nitrogen and oxygen atoms in total. The average molecular weight is 193 g/mol. The Labute approximate surface area is 85.5 Å². The summed E-state index contributed by atoms with van der Waals surface area (Å²) in [6.07, 6.45) is 7.41. The lowest BCUT2D eigenvalue weighted by molar-refractivity contribution is 0.599. The van der Waals surface area contributed by atoms with E-state index in [9.17, 15) is 0 Å². The van der Waals surface area contributed by atoms with Gasteiger partial charge in [0, 0.05) is 18.1 Å². The first kappa shape index (κ1) is 9.69. The first-order valence-electron chi connectivity index (χ1n) is 5.71. The first-order chi connectivity index (χ1) is 6.81. The molecule has 1 unspecified atom stereocenters. The Hall–Kier alpha value is -0.860. The summed E-state index contributed by atoms with van der Waals surface area (Å²) >= 11 is 0. The first-order valence-corrected chi connectivity index (χ1v) is 5.71. The van der Waals surface area contributed by atoms with Crippen molar-refractivity contribution in [3.05, 3.63) is 0 Å². The molecule has 1 saturated carbocycles. The van der Waals surface area contributed by atoms with E-state index in [1.165, 1.54) is 31.4 Å². The lowest BCUT2D eigenvalue weighted by Crippen LogP contribution is -2.30. The second-order valence-electron chi connectivity index (χ2n) is 4.41. The largest absolute Gasteiger partial charge is 0.386 e. The molecule has 1 fully saturated rings. The summed E-state index contributed by atoms with van der Waals surface area (Å²) in [4.78, 5) is 0. The minimum atomic E-state index is 0.565. The van der Waals surface area contributed by atoms with Gasteiger partial charge in [-0.2, -0.15) is 5.10 Å². The van der Waals surface area contributed by atoms with Crippen LogP contribution in [0.4, 0.5) is 0 Å². The van der Waals surface area contributed by atoms with Crippen LogP contribution in [0, 0.1) is 11.8 Å². The zero-order valence-electron chi connectivity index (χ0n) is 8.87. The molecule has 1 aliphatic heterocycles. The summed E-state index contributed by atoms with van der Waals surface area (Å²) in [5, 5.41) is 8.36. The van der Waals surface area contributed by atoms with E-state index in [1.54, 1.807) is 0 Å². The molecule has 3 heteroatoms. The average Bonchev–Trinajstić information content (AvgIpc) is 2.70. The Kier molecular flexibility index (Phi) is 2.85. The van der Waals surface area contributed by atoms with Gasteiger partial charge in [-0.1, -0.05) is 19.8 Å². The molecule has 2 aliphatic rings. The molecule has 78 valence electrons. The van der Waals surface area contributed by atoms with E-state index in [-0.39, 0.29) is 0 Å². The number of hydrogen-bond donors (Lipinski definition) is 1. The van der Waals surface area contributed by atoms with Gasteiger partial charge in [0.2, 0.25) is 0 Å². The monoisotopic (exact) mass is 193 g/mol. The number of amidine groups is 1. The summed E-state index contributed by atoms with van der Waals surface area (Å²) in [6.45, 7) is 2.22. The van der Waals surface area contributed by atoms with Crippen LogP contribution in [-0.2, 0) is 0 Å². The highest BCUT2D eigenvalue weighted by Crippen LogP contribution is 2.32. The van der Waals surface area contributed by atoms with Crippen molar-refractivity contribution < 1.29 is 0 Å². The Bertz CT molecular complexity index is 258. The maximum atomic E-state index is 5.70. The minimum absolute atomic E-state index is 0.565. The van der Waals surface area contributed by atoms with E-state index in [4.69, 9.17) is 5.73 Å². The third-order valence-electron chi connectivity index (χ3n) is 3.43. The second kappa shape index (κ2) is 4.11. The molecule has 1 aliphatic carbocycles. The van der Waals surface area contributed by atoms with E-state index < -0.39 is 0 Å². The van der Waals surface area contributed by atoms with Crippen molar-refractivity contribution in [3.8, 4) is 0 Å². The quantitative estimate of drug-likeness (QED) is 0.719. The van der Waals surface area contributed by atoms with E-state index in [0.29, 0.717) is 17.7 Å². The number of nitrogens with zero attached hydrogens (tertiary/aromatic N) is 2. The predicted octanol–water partition coefficient (Wildman–Crippen LogP) is 2.32.